The Hall–Kier alpha value is -4.28. The van der Waals surface area contributed by atoms with Crippen molar-refractivity contribution in [3.8, 4) is 34.3 Å². The van der Waals surface area contributed by atoms with Gasteiger partial charge in [0.15, 0.2) is 0 Å². The van der Waals surface area contributed by atoms with Crippen LogP contribution in [0, 0.1) is 0 Å². The Labute approximate surface area is 207 Å². The summed E-state index contributed by atoms with van der Waals surface area (Å²) in [5.41, 5.74) is 1.31. The number of aromatic hydroxyl groups is 1. The van der Waals surface area contributed by atoms with Crippen molar-refractivity contribution >= 4 is 11.4 Å². The topological polar surface area (TPSA) is 55.6 Å². The maximum Gasteiger partial charge on any atom is 0.387 e. The molecule has 4 rings (SSSR count). The van der Waals surface area contributed by atoms with E-state index in [9.17, 15) is 31.4 Å². The Kier molecular flexibility index (Phi) is 7.23. The predicted octanol–water partition coefficient (Wildman–Crippen LogP) is 7.91. The van der Waals surface area contributed by atoms with Crippen molar-refractivity contribution < 1.29 is 40.9 Å². The zero-order valence-electron chi connectivity index (χ0n) is 19.1. The van der Waals surface area contributed by atoms with E-state index in [0.29, 0.717) is 22.6 Å². The molecule has 0 unspecified atom stereocenters. The van der Waals surface area contributed by atoms with Gasteiger partial charge in [-0.05, 0) is 66.2 Å². The first-order chi connectivity index (χ1) is 17.5. The van der Waals surface area contributed by atoms with Crippen LogP contribution in [0.3, 0.4) is 0 Å². The van der Waals surface area contributed by atoms with Crippen LogP contribution in [0.2, 0.25) is 0 Å². The molecule has 2 N–H and O–H groups in total. The fourth-order valence-electron chi connectivity index (χ4n) is 3.67. The van der Waals surface area contributed by atoms with E-state index >= 15 is 0 Å². The first-order valence-electron chi connectivity index (χ1n) is 10.8. The van der Waals surface area contributed by atoms with E-state index in [4.69, 9.17) is 0 Å². The first-order valence-corrected chi connectivity index (χ1v) is 10.8. The lowest BCUT2D eigenvalue weighted by molar-refractivity contribution is -0.0505. The molecule has 0 saturated heterocycles. The van der Waals surface area contributed by atoms with Crippen LogP contribution in [0.5, 0.6) is 17.4 Å². The summed E-state index contributed by atoms with van der Waals surface area (Å²) in [5, 5.41) is 14.0. The monoisotopic (exact) mass is 522 g/mol. The minimum absolute atomic E-state index is 0.0635. The van der Waals surface area contributed by atoms with Gasteiger partial charge in [0.05, 0.1) is 5.69 Å². The average Bonchev–Trinajstić information content (AvgIpc) is 3.15. The van der Waals surface area contributed by atoms with E-state index in [1.807, 2.05) is 0 Å². The SMILES string of the molecule is CC(F)(F)c1cccc(-c2cc(Nc3ccc(OC(F)F)cc3)c(O)n2-c2ccc(OC(F)F)cc2)c1. The Bertz CT molecular complexity index is 1350. The number of rotatable bonds is 9. The molecule has 0 aliphatic rings. The number of alkyl halides is 6. The van der Waals surface area contributed by atoms with Crippen molar-refractivity contribution in [2.75, 3.05) is 5.32 Å². The molecule has 0 aliphatic carbocycles. The minimum Gasteiger partial charge on any atom is -0.493 e. The number of halogens is 6. The fraction of sp³-hybridized carbons (Fsp3) is 0.154. The molecule has 0 aliphatic heterocycles. The van der Waals surface area contributed by atoms with E-state index in [0.717, 1.165) is 6.92 Å². The largest absolute Gasteiger partial charge is 0.493 e. The summed E-state index contributed by atoms with van der Waals surface area (Å²) in [6.45, 7) is -5.24. The number of nitrogens with one attached hydrogen (secondary N) is 1. The van der Waals surface area contributed by atoms with Crippen LogP contribution in [-0.4, -0.2) is 22.9 Å². The van der Waals surface area contributed by atoms with Crippen molar-refractivity contribution in [3.05, 3.63) is 84.4 Å². The lowest BCUT2D eigenvalue weighted by Crippen LogP contribution is -2.07. The summed E-state index contributed by atoms with van der Waals surface area (Å²) in [5.74, 6) is -3.61. The van der Waals surface area contributed by atoms with Crippen LogP contribution in [0.15, 0.2) is 78.9 Å². The van der Waals surface area contributed by atoms with E-state index < -0.39 is 19.1 Å². The van der Waals surface area contributed by atoms with Crippen molar-refractivity contribution in [2.24, 2.45) is 0 Å². The molecule has 5 nitrogen and oxygen atoms in total. The Balaban J connectivity index is 1.77. The highest BCUT2D eigenvalue weighted by molar-refractivity contribution is 5.77. The van der Waals surface area contributed by atoms with E-state index in [1.165, 1.54) is 77.4 Å². The number of hydrogen-bond acceptors (Lipinski definition) is 4. The number of ether oxygens (including phenoxy) is 2. The van der Waals surface area contributed by atoms with Gasteiger partial charge in [-0.2, -0.15) is 17.6 Å². The van der Waals surface area contributed by atoms with Crippen molar-refractivity contribution in [1.82, 2.24) is 4.57 Å². The Morgan fingerprint density at radius 2 is 1.38 bits per heavy atom. The van der Waals surface area contributed by atoms with Crippen LogP contribution in [-0.2, 0) is 5.92 Å². The average molecular weight is 522 g/mol. The third kappa shape index (κ3) is 6.11. The van der Waals surface area contributed by atoms with Crippen LogP contribution in [0.4, 0.5) is 37.7 Å². The van der Waals surface area contributed by atoms with Crippen molar-refractivity contribution in [3.63, 3.8) is 0 Å². The smallest absolute Gasteiger partial charge is 0.387 e. The highest BCUT2D eigenvalue weighted by Crippen LogP contribution is 2.40. The van der Waals surface area contributed by atoms with Gasteiger partial charge < -0.3 is 19.9 Å². The summed E-state index contributed by atoms with van der Waals surface area (Å²) in [4.78, 5) is 0. The number of anilines is 2. The highest BCUT2D eigenvalue weighted by Gasteiger charge is 2.26. The summed E-state index contributed by atoms with van der Waals surface area (Å²) >= 11 is 0. The van der Waals surface area contributed by atoms with E-state index in [-0.39, 0.29) is 28.6 Å². The normalized spacial score (nSPS) is 11.7. The molecular weight excluding hydrogens is 502 g/mol. The number of hydrogen-bond donors (Lipinski definition) is 2. The lowest BCUT2D eigenvalue weighted by atomic mass is 10.0. The van der Waals surface area contributed by atoms with Crippen molar-refractivity contribution in [2.45, 2.75) is 26.1 Å². The molecule has 0 spiro atoms. The van der Waals surface area contributed by atoms with Gasteiger partial charge in [0.25, 0.3) is 5.92 Å². The maximum atomic E-state index is 14.0. The van der Waals surface area contributed by atoms with Crippen LogP contribution in [0.25, 0.3) is 16.9 Å². The summed E-state index contributed by atoms with van der Waals surface area (Å²) in [6.07, 6.45) is 0. The quantitative estimate of drug-likeness (QED) is 0.219. The van der Waals surface area contributed by atoms with Gasteiger partial charge in [0.1, 0.15) is 17.2 Å². The second-order valence-electron chi connectivity index (χ2n) is 7.97. The van der Waals surface area contributed by atoms with Gasteiger partial charge in [-0.15, -0.1) is 0 Å². The van der Waals surface area contributed by atoms with E-state index in [2.05, 4.69) is 14.8 Å². The number of benzene rings is 3. The predicted molar refractivity (Wildman–Crippen MR) is 125 cm³/mol. The van der Waals surface area contributed by atoms with Crippen LogP contribution >= 0.6 is 0 Å². The maximum absolute atomic E-state index is 14.0. The zero-order chi connectivity index (χ0) is 26.7. The summed E-state index contributed by atoms with van der Waals surface area (Å²) in [7, 11) is 0. The molecule has 0 saturated carbocycles. The van der Waals surface area contributed by atoms with Crippen molar-refractivity contribution in [1.29, 1.82) is 0 Å². The molecule has 4 aromatic rings. The Morgan fingerprint density at radius 1 is 0.811 bits per heavy atom. The molecule has 1 aromatic heterocycles. The molecule has 0 atom stereocenters. The number of aromatic nitrogens is 1. The highest BCUT2D eigenvalue weighted by atomic mass is 19.3. The van der Waals surface area contributed by atoms with Gasteiger partial charge in [-0.1, -0.05) is 18.2 Å². The molecule has 37 heavy (non-hydrogen) atoms. The molecule has 0 amide bonds. The standard InChI is InChI=1S/C26H20F6N2O3/c1-26(31,32)16-4-2-3-15(13-16)22-14-21(33-17-5-9-19(10-6-17)36-24(27)28)23(35)34(22)18-7-11-20(12-8-18)37-25(29)30/h2-14,24-25,33,35H,1H3. The molecule has 0 bridgehead atoms. The third-order valence-corrected chi connectivity index (χ3v) is 5.32. The second kappa shape index (κ2) is 10.4. The summed E-state index contributed by atoms with van der Waals surface area (Å²) in [6, 6.07) is 18.0. The van der Waals surface area contributed by atoms with Crippen LogP contribution < -0.4 is 14.8 Å². The first kappa shape index (κ1) is 25.8. The minimum atomic E-state index is -3.12. The van der Waals surface area contributed by atoms with Gasteiger partial charge in [0.2, 0.25) is 5.88 Å². The molecule has 0 radical (unpaired) electrons. The molecule has 194 valence electrons. The van der Waals surface area contributed by atoms with Gasteiger partial charge in [-0.25, -0.2) is 8.78 Å². The number of nitrogens with zero attached hydrogens (tertiary/aromatic N) is 1. The Morgan fingerprint density at radius 3 is 1.92 bits per heavy atom. The molecule has 1 heterocycles. The van der Waals surface area contributed by atoms with Gasteiger partial charge in [-0.3, -0.25) is 4.57 Å². The fourth-order valence-corrected chi connectivity index (χ4v) is 3.67. The summed E-state index contributed by atoms with van der Waals surface area (Å²) < 4.78 is 88.0. The molecule has 3 aromatic carbocycles. The zero-order valence-corrected chi connectivity index (χ0v) is 19.1. The van der Waals surface area contributed by atoms with Crippen LogP contribution in [0.1, 0.15) is 12.5 Å². The molecular formula is C26H20F6N2O3. The van der Waals surface area contributed by atoms with Gasteiger partial charge >= 0.3 is 13.2 Å². The lowest BCUT2D eigenvalue weighted by Gasteiger charge is -2.15. The molecule has 11 heteroatoms. The third-order valence-electron chi connectivity index (χ3n) is 5.32. The van der Waals surface area contributed by atoms with E-state index in [1.54, 1.807) is 6.07 Å². The molecule has 0 fully saturated rings. The van der Waals surface area contributed by atoms with Gasteiger partial charge in [0, 0.05) is 23.9 Å². The second-order valence-corrected chi connectivity index (χ2v) is 7.97.